The molecule has 1 atom stereocenters. The summed E-state index contributed by atoms with van der Waals surface area (Å²) < 4.78 is 44.6. The highest BCUT2D eigenvalue weighted by atomic mass is 19.4. The number of halogens is 3. The average Bonchev–Trinajstić information content (AvgIpc) is 2.72. The third-order valence-electron chi connectivity index (χ3n) is 4.73. The smallest absolute Gasteiger partial charge is 0.416 e. The van der Waals surface area contributed by atoms with Crippen molar-refractivity contribution in [2.75, 3.05) is 0 Å². The van der Waals surface area contributed by atoms with Crippen LogP contribution >= 0.6 is 0 Å². The van der Waals surface area contributed by atoms with E-state index in [9.17, 15) is 23.1 Å². The Hall–Kier alpha value is -3.28. The minimum atomic E-state index is -4.42. The molecule has 6 heteroatoms. The Balaban J connectivity index is 2.05. The first-order valence-electron chi connectivity index (χ1n) is 9.56. The van der Waals surface area contributed by atoms with E-state index in [2.05, 4.69) is 0 Å². The Morgan fingerprint density at radius 3 is 2.17 bits per heavy atom. The van der Waals surface area contributed by atoms with Crippen molar-refractivity contribution in [1.29, 1.82) is 0 Å². The van der Waals surface area contributed by atoms with E-state index < -0.39 is 23.6 Å². The maximum absolute atomic E-state index is 12.9. The average molecular weight is 414 g/mol. The van der Waals surface area contributed by atoms with E-state index in [0.29, 0.717) is 41.0 Å². The Kier molecular flexibility index (Phi) is 6.45. The molecule has 0 bridgehead atoms. The standard InChI is InChI=1S/C24H21F3O3/c1-2-6-22(23(28)29)18-13-17(16-9-11-19(12-10-16)24(25,26)27)14-21(15-18)30-20-7-4-3-5-8-20/h3-5,7-15,22H,2,6H2,1H3,(H,28,29). The molecule has 0 aliphatic carbocycles. The van der Waals surface area contributed by atoms with Gasteiger partial charge in [0.15, 0.2) is 0 Å². The lowest BCUT2D eigenvalue weighted by Crippen LogP contribution is -2.11. The van der Waals surface area contributed by atoms with E-state index in [-0.39, 0.29) is 0 Å². The van der Waals surface area contributed by atoms with Gasteiger partial charge in [-0.1, -0.05) is 49.7 Å². The summed E-state index contributed by atoms with van der Waals surface area (Å²) in [4.78, 5) is 11.8. The molecule has 0 aromatic heterocycles. The van der Waals surface area contributed by atoms with Gasteiger partial charge in [-0.05, 0) is 59.5 Å². The van der Waals surface area contributed by atoms with E-state index in [0.717, 1.165) is 12.1 Å². The van der Waals surface area contributed by atoms with Gasteiger partial charge in [-0.2, -0.15) is 13.2 Å². The molecule has 30 heavy (non-hydrogen) atoms. The zero-order chi connectivity index (χ0) is 21.7. The summed E-state index contributed by atoms with van der Waals surface area (Å²) in [5.74, 6) is -0.680. The van der Waals surface area contributed by atoms with Gasteiger partial charge in [0.2, 0.25) is 0 Å². The molecular weight excluding hydrogens is 393 g/mol. The largest absolute Gasteiger partial charge is 0.481 e. The van der Waals surface area contributed by atoms with E-state index in [4.69, 9.17) is 4.74 Å². The van der Waals surface area contributed by atoms with Gasteiger partial charge in [0, 0.05) is 0 Å². The lowest BCUT2D eigenvalue weighted by Gasteiger charge is -2.16. The quantitative estimate of drug-likeness (QED) is 0.447. The summed E-state index contributed by atoms with van der Waals surface area (Å²) >= 11 is 0. The molecule has 0 spiro atoms. The molecule has 3 aromatic carbocycles. The van der Waals surface area contributed by atoms with Crippen molar-refractivity contribution in [3.8, 4) is 22.6 Å². The second kappa shape index (κ2) is 9.03. The number of para-hydroxylation sites is 1. The van der Waals surface area contributed by atoms with Crippen molar-refractivity contribution in [1.82, 2.24) is 0 Å². The second-order valence-electron chi connectivity index (χ2n) is 6.96. The van der Waals surface area contributed by atoms with Crippen LogP contribution in [-0.2, 0) is 11.0 Å². The molecule has 3 rings (SSSR count). The molecule has 1 unspecified atom stereocenters. The van der Waals surface area contributed by atoms with Gasteiger partial charge in [-0.15, -0.1) is 0 Å². The van der Waals surface area contributed by atoms with Crippen LogP contribution in [0.3, 0.4) is 0 Å². The number of ether oxygens (including phenoxy) is 1. The van der Waals surface area contributed by atoms with Crippen molar-refractivity contribution in [2.45, 2.75) is 31.9 Å². The lowest BCUT2D eigenvalue weighted by atomic mass is 9.91. The fraction of sp³-hybridized carbons (Fsp3) is 0.208. The minimum Gasteiger partial charge on any atom is -0.481 e. The van der Waals surface area contributed by atoms with Crippen LogP contribution in [0.1, 0.15) is 36.8 Å². The fourth-order valence-electron chi connectivity index (χ4n) is 3.25. The summed E-state index contributed by atoms with van der Waals surface area (Å²) in [5.41, 5.74) is 0.947. The summed E-state index contributed by atoms with van der Waals surface area (Å²) in [6.45, 7) is 1.90. The number of aliphatic carboxylic acids is 1. The lowest BCUT2D eigenvalue weighted by molar-refractivity contribution is -0.139. The van der Waals surface area contributed by atoms with Gasteiger partial charge in [0.05, 0.1) is 11.5 Å². The van der Waals surface area contributed by atoms with Crippen LogP contribution in [0, 0.1) is 0 Å². The molecule has 0 saturated carbocycles. The van der Waals surface area contributed by atoms with Gasteiger partial charge in [-0.25, -0.2) is 0 Å². The number of carboxylic acid groups (broad SMARTS) is 1. The Morgan fingerprint density at radius 2 is 1.60 bits per heavy atom. The van der Waals surface area contributed by atoms with E-state index in [1.54, 1.807) is 30.3 Å². The van der Waals surface area contributed by atoms with Crippen molar-refractivity contribution >= 4 is 5.97 Å². The molecule has 156 valence electrons. The van der Waals surface area contributed by atoms with E-state index in [1.165, 1.54) is 12.1 Å². The van der Waals surface area contributed by atoms with Crippen LogP contribution in [0.2, 0.25) is 0 Å². The van der Waals surface area contributed by atoms with Crippen LogP contribution < -0.4 is 4.74 Å². The van der Waals surface area contributed by atoms with E-state index >= 15 is 0 Å². The molecule has 1 N–H and O–H groups in total. The summed E-state index contributed by atoms with van der Waals surface area (Å²) in [6.07, 6.45) is -3.30. The highest BCUT2D eigenvalue weighted by Crippen LogP contribution is 2.35. The number of alkyl halides is 3. The second-order valence-corrected chi connectivity index (χ2v) is 6.96. The third kappa shape index (κ3) is 5.20. The molecule has 0 fully saturated rings. The van der Waals surface area contributed by atoms with Gasteiger partial charge in [0.1, 0.15) is 11.5 Å². The Labute approximate surface area is 172 Å². The molecule has 0 heterocycles. The molecule has 0 aliphatic heterocycles. The number of benzene rings is 3. The van der Waals surface area contributed by atoms with Crippen LogP contribution in [0.25, 0.3) is 11.1 Å². The van der Waals surface area contributed by atoms with Crippen LogP contribution in [-0.4, -0.2) is 11.1 Å². The molecule has 3 nitrogen and oxygen atoms in total. The zero-order valence-electron chi connectivity index (χ0n) is 16.3. The first-order chi connectivity index (χ1) is 14.3. The molecule has 3 aromatic rings. The predicted octanol–water partition coefficient (Wildman–Crippen LogP) is 7.13. The fourth-order valence-corrected chi connectivity index (χ4v) is 3.25. The number of carbonyl (C=O) groups is 1. The summed E-state index contributed by atoms with van der Waals surface area (Å²) in [5, 5.41) is 9.66. The molecule has 0 saturated heterocycles. The Morgan fingerprint density at radius 1 is 0.933 bits per heavy atom. The summed E-state index contributed by atoms with van der Waals surface area (Å²) in [6, 6.07) is 18.9. The first-order valence-corrected chi connectivity index (χ1v) is 9.56. The highest BCUT2D eigenvalue weighted by Gasteiger charge is 2.30. The Bertz CT molecular complexity index is 996. The molecular formula is C24H21F3O3. The van der Waals surface area contributed by atoms with E-state index in [1.807, 2.05) is 25.1 Å². The zero-order valence-corrected chi connectivity index (χ0v) is 16.3. The van der Waals surface area contributed by atoms with Crippen molar-refractivity contribution in [3.63, 3.8) is 0 Å². The minimum absolute atomic E-state index is 0.427. The van der Waals surface area contributed by atoms with Crippen molar-refractivity contribution < 1.29 is 27.8 Å². The number of hydrogen-bond donors (Lipinski definition) is 1. The van der Waals surface area contributed by atoms with Gasteiger partial charge >= 0.3 is 12.1 Å². The number of hydrogen-bond acceptors (Lipinski definition) is 2. The monoisotopic (exact) mass is 414 g/mol. The predicted molar refractivity (Wildman–Crippen MR) is 109 cm³/mol. The van der Waals surface area contributed by atoms with Crippen LogP contribution in [0.15, 0.2) is 72.8 Å². The molecule has 0 radical (unpaired) electrons. The maximum Gasteiger partial charge on any atom is 0.416 e. The first kappa shape index (κ1) is 21.4. The SMILES string of the molecule is CCCC(C(=O)O)c1cc(Oc2ccccc2)cc(-c2ccc(C(F)(F)F)cc2)c1. The van der Waals surface area contributed by atoms with Crippen molar-refractivity contribution in [2.24, 2.45) is 0 Å². The van der Waals surface area contributed by atoms with Gasteiger partial charge in [-0.3, -0.25) is 4.79 Å². The number of rotatable bonds is 7. The summed E-state index contributed by atoms with van der Waals surface area (Å²) in [7, 11) is 0. The molecule has 0 aliphatic rings. The normalized spacial score (nSPS) is 12.4. The van der Waals surface area contributed by atoms with Crippen LogP contribution in [0.5, 0.6) is 11.5 Å². The number of carboxylic acids is 1. The maximum atomic E-state index is 12.9. The van der Waals surface area contributed by atoms with Gasteiger partial charge < -0.3 is 9.84 Å². The van der Waals surface area contributed by atoms with Gasteiger partial charge in [0.25, 0.3) is 0 Å². The third-order valence-corrected chi connectivity index (χ3v) is 4.73. The highest BCUT2D eigenvalue weighted by molar-refractivity contribution is 5.78. The molecule has 0 amide bonds. The van der Waals surface area contributed by atoms with Crippen LogP contribution in [0.4, 0.5) is 13.2 Å². The topological polar surface area (TPSA) is 46.5 Å². The van der Waals surface area contributed by atoms with Crippen molar-refractivity contribution in [3.05, 3.63) is 83.9 Å².